The molecule has 0 spiro atoms. The van der Waals surface area contributed by atoms with Gasteiger partial charge in [0.05, 0.1) is 6.10 Å². The normalized spacial score (nSPS) is 25.6. The van der Waals surface area contributed by atoms with Crippen molar-refractivity contribution in [1.29, 1.82) is 0 Å². The Bertz CT molecular complexity index is 1090. The van der Waals surface area contributed by atoms with Crippen LogP contribution in [0, 0.1) is 5.92 Å². The highest BCUT2D eigenvalue weighted by Gasteiger charge is 2.42. The highest BCUT2D eigenvalue weighted by atomic mass is 16.5. The van der Waals surface area contributed by atoms with Gasteiger partial charge in [0.15, 0.2) is 0 Å². The molecule has 1 heterocycles. The van der Waals surface area contributed by atoms with E-state index in [4.69, 9.17) is 4.74 Å². The van der Waals surface area contributed by atoms with Crippen LogP contribution in [0.3, 0.4) is 0 Å². The second-order valence-electron chi connectivity index (χ2n) is 9.76. The van der Waals surface area contributed by atoms with Gasteiger partial charge in [0.25, 0.3) is 0 Å². The van der Waals surface area contributed by atoms with Crippen LogP contribution < -0.4 is 5.32 Å². The molecular weight excluding hydrogens is 448 g/mol. The van der Waals surface area contributed by atoms with Gasteiger partial charge in [0, 0.05) is 30.8 Å². The minimum absolute atomic E-state index is 0.0246. The van der Waals surface area contributed by atoms with Gasteiger partial charge in [-0.15, -0.1) is 0 Å². The third kappa shape index (κ3) is 4.62. The smallest absolute Gasteiger partial charge is 0.407 e. The van der Waals surface area contributed by atoms with Gasteiger partial charge in [-0.3, -0.25) is 4.79 Å². The summed E-state index contributed by atoms with van der Waals surface area (Å²) in [6, 6.07) is 15.1. The minimum atomic E-state index is -1.10. The molecule has 1 aliphatic heterocycles. The molecule has 2 unspecified atom stereocenters. The van der Waals surface area contributed by atoms with Crippen LogP contribution in [-0.4, -0.2) is 64.4 Å². The molecule has 2 fully saturated rings. The number of likely N-dealkylation sites (tertiary alicyclic amines) is 1. The molecule has 0 aromatic heterocycles. The second kappa shape index (κ2) is 9.70. The lowest BCUT2D eigenvalue weighted by atomic mass is 9.84. The number of nitrogens with zero attached hydrogens (tertiary/aromatic N) is 1. The van der Waals surface area contributed by atoms with Crippen molar-refractivity contribution in [2.75, 3.05) is 13.2 Å². The molecule has 1 saturated heterocycles. The lowest BCUT2D eigenvalue weighted by Gasteiger charge is -2.32. The number of hydrogen-bond donors (Lipinski definition) is 3. The Kier molecular flexibility index (Phi) is 6.47. The summed E-state index contributed by atoms with van der Waals surface area (Å²) >= 11 is 0. The zero-order chi connectivity index (χ0) is 24.5. The van der Waals surface area contributed by atoms with Crippen LogP contribution in [0.25, 0.3) is 11.1 Å². The Labute approximate surface area is 203 Å². The van der Waals surface area contributed by atoms with Crippen molar-refractivity contribution >= 4 is 18.0 Å². The first-order valence-electron chi connectivity index (χ1n) is 12.2. The van der Waals surface area contributed by atoms with Gasteiger partial charge in [0.1, 0.15) is 12.6 Å². The molecule has 4 atom stereocenters. The third-order valence-corrected chi connectivity index (χ3v) is 7.54. The van der Waals surface area contributed by atoms with Crippen molar-refractivity contribution in [2.45, 2.75) is 56.2 Å². The number of hydrogen-bond acceptors (Lipinski definition) is 5. The van der Waals surface area contributed by atoms with E-state index >= 15 is 0 Å². The fraction of sp³-hybridized carbons (Fsp3) is 0.444. The largest absolute Gasteiger partial charge is 0.480 e. The number of aliphatic hydroxyl groups excluding tert-OH is 1. The van der Waals surface area contributed by atoms with E-state index in [1.807, 2.05) is 24.3 Å². The maximum atomic E-state index is 13.0. The standard InChI is InChI=1S/C27H30N2O6/c30-18-13-24(26(32)33)29(14-18)25(31)16-6-5-7-17(12-16)28-27(34)35-15-23-21-10-3-1-8-19(21)20-9-2-4-11-22(20)23/h1-4,8-11,16-18,23-24,30H,5-7,12-15H2,(H,28,34)(H,32,33)/t16?,17?,18-,24-/m0/s1. The molecule has 0 radical (unpaired) electrons. The van der Waals surface area contributed by atoms with Crippen molar-refractivity contribution in [2.24, 2.45) is 5.92 Å². The molecule has 5 rings (SSSR count). The number of carbonyl (C=O) groups excluding carboxylic acids is 2. The number of aliphatic hydroxyl groups is 1. The summed E-state index contributed by atoms with van der Waals surface area (Å²) in [6.07, 6.45) is 1.28. The number of amides is 2. The fourth-order valence-electron chi connectivity index (χ4n) is 5.88. The molecule has 35 heavy (non-hydrogen) atoms. The molecule has 2 aliphatic carbocycles. The number of fused-ring (bicyclic) bond motifs is 3. The van der Waals surface area contributed by atoms with Crippen molar-refractivity contribution in [3.63, 3.8) is 0 Å². The Morgan fingerprint density at radius 1 is 0.971 bits per heavy atom. The molecule has 184 valence electrons. The van der Waals surface area contributed by atoms with Crippen LogP contribution in [0.15, 0.2) is 48.5 Å². The van der Waals surface area contributed by atoms with Crippen LogP contribution in [0.4, 0.5) is 4.79 Å². The SMILES string of the molecule is O=C(NC1CCCC(C(=O)N2C[C@@H](O)C[C@H]2C(=O)O)C1)OCC1c2ccccc2-c2ccccc21. The molecule has 3 N–H and O–H groups in total. The number of carboxylic acids is 1. The van der Waals surface area contributed by atoms with Crippen LogP contribution in [0.5, 0.6) is 0 Å². The van der Waals surface area contributed by atoms with E-state index in [9.17, 15) is 24.6 Å². The Hall–Kier alpha value is -3.39. The number of carboxylic acid groups (broad SMARTS) is 1. The molecule has 8 heteroatoms. The van der Waals surface area contributed by atoms with Crippen molar-refractivity contribution in [3.05, 3.63) is 59.7 Å². The van der Waals surface area contributed by atoms with Crippen molar-refractivity contribution < 1.29 is 29.3 Å². The van der Waals surface area contributed by atoms with E-state index in [1.165, 1.54) is 4.90 Å². The van der Waals surface area contributed by atoms with Crippen LogP contribution in [0.1, 0.15) is 49.1 Å². The van der Waals surface area contributed by atoms with Gasteiger partial charge in [-0.25, -0.2) is 9.59 Å². The van der Waals surface area contributed by atoms with Gasteiger partial charge in [-0.2, -0.15) is 0 Å². The molecule has 2 aromatic carbocycles. The van der Waals surface area contributed by atoms with Gasteiger partial charge < -0.3 is 25.2 Å². The number of carbonyl (C=O) groups is 3. The summed E-state index contributed by atoms with van der Waals surface area (Å²) in [5.41, 5.74) is 4.62. The maximum Gasteiger partial charge on any atom is 0.407 e. The zero-order valence-corrected chi connectivity index (χ0v) is 19.4. The first kappa shape index (κ1) is 23.4. The number of nitrogens with one attached hydrogen (secondary N) is 1. The molecule has 2 aromatic rings. The van der Waals surface area contributed by atoms with Crippen LogP contribution in [0.2, 0.25) is 0 Å². The molecule has 0 bridgehead atoms. The van der Waals surface area contributed by atoms with Crippen LogP contribution >= 0.6 is 0 Å². The molecule has 2 amide bonds. The fourth-order valence-corrected chi connectivity index (χ4v) is 5.88. The zero-order valence-electron chi connectivity index (χ0n) is 19.4. The summed E-state index contributed by atoms with van der Waals surface area (Å²) in [5.74, 6) is -1.76. The predicted molar refractivity (Wildman–Crippen MR) is 128 cm³/mol. The molecular formula is C27H30N2O6. The topological polar surface area (TPSA) is 116 Å². The number of β-amino-alcohol motifs (C(OH)–C–C–N with tert-alkyl or cyclic N) is 1. The van der Waals surface area contributed by atoms with E-state index in [-0.39, 0.29) is 43.4 Å². The number of rotatable bonds is 5. The van der Waals surface area contributed by atoms with Gasteiger partial charge >= 0.3 is 12.1 Å². The maximum absolute atomic E-state index is 13.0. The predicted octanol–water partition coefficient (Wildman–Crippen LogP) is 3.13. The minimum Gasteiger partial charge on any atom is -0.480 e. The monoisotopic (exact) mass is 478 g/mol. The highest BCUT2D eigenvalue weighted by Crippen LogP contribution is 2.44. The third-order valence-electron chi connectivity index (χ3n) is 7.54. The van der Waals surface area contributed by atoms with E-state index in [0.717, 1.165) is 35.1 Å². The quantitative estimate of drug-likeness (QED) is 0.608. The summed E-state index contributed by atoms with van der Waals surface area (Å²) in [6.45, 7) is 0.262. The number of aliphatic carboxylic acids is 1. The molecule has 1 saturated carbocycles. The number of alkyl carbamates (subject to hydrolysis) is 1. The second-order valence-corrected chi connectivity index (χ2v) is 9.76. The average Bonchev–Trinajstić information content (AvgIpc) is 3.41. The number of ether oxygens (including phenoxy) is 1. The Balaban J connectivity index is 1.18. The van der Waals surface area contributed by atoms with E-state index in [0.29, 0.717) is 12.8 Å². The molecule has 3 aliphatic rings. The first-order valence-corrected chi connectivity index (χ1v) is 12.2. The first-order chi connectivity index (χ1) is 16.9. The number of benzene rings is 2. The summed E-state index contributed by atoms with van der Waals surface area (Å²) < 4.78 is 5.64. The summed E-state index contributed by atoms with van der Waals surface area (Å²) in [4.78, 5) is 38.5. The van der Waals surface area contributed by atoms with Gasteiger partial charge in [-0.1, -0.05) is 55.0 Å². The average molecular weight is 479 g/mol. The Morgan fingerprint density at radius 2 is 1.63 bits per heavy atom. The van der Waals surface area contributed by atoms with E-state index in [2.05, 4.69) is 29.6 Å². The van der Waals surface area contributed by atoms with Gasteiger partial charge in [0.2, 0.25) is 5.91 Å². The lowest BCUT2D eigenvalue weighted by Crippen LogP contribution is -2.47. The molecule has 8 nitrogen and oxygen atoms in total. The van der Waals surface area contributed by atoms with Gasteiger partial charge in [-0.05, 0) is 41.5 Å². The highest BCUT2D eigenvalue weighted by molar-refractivity contribution is 5.86. The lowest BCUT2D eigenvalue weighted by molar-refractivity contribution is -0.150. The van der Waals surface area contributed by atoms with Crippen molar-refractivity contribution in [1.82, 2.24) is 10.2 Å². The van der Waals surface area contributed by atoms with E-state index < -0.39 is 24.2 Å². The van der Waals surface area contributed by atoms with Crippen LogP contribution in [-0.2, 0) is 14.3 Å². The summed E-state index contributed by atoms with van der Waals surface area (Å²) in [5, 5.41) is 22.2. The van der Waals surface area contributed by atoms with Crippen molar-refractivity contribution in [3.8, 4) is 11.1 Å². The van der Waals surface area contributed by atoms with E-state index in [1.54, 1.807) is 0 Å². The Morgan fingerprint density at radius 3 is 2.29 bits per heavy atom. The summed E-state index contributed by atoms with van der Waals surface area (Å²) in [7, 11) is 0.